The molecule has 0 spiro atoms. The third-order valence-electron chi connectivity index (χ3n) is 5.88. The number of imidazole rings is 1. The molecule has 0 unspecified atom stereocenters. The van der Waals surface area contributed by atoms with E-state index in [1.54, 1.807) is 20.0 Å². The summed E-state index contributed by atoms with van der Waals surface area (Å²) >= 11 is 0. The highest BCUT2D eigenvalue weighted by molar-refractivity contribution is 5.87. The van der Waals surface area contributed by atoms with Gasteiger partial charge in [0.25, 0.3) is 0 Å². The van der Waals surface area contributed by atoms with Crippen LogP contribution in [-0.2, 0) is 10.3 Å². The van der Waals surface area contributed by atoms with Gasteiger partial charge in [0.05, 0.1) is 28.6 Å². The summed E-state index contributed by atoms with van der Waals surface area (Å²) in [6, 6.07) is 10.1. The molecule has 4 aromatic rings. The summed E-state index contributed by atoms with van der Waals surface area (Å²) in [4.78, 5) is 12.7. The van der Waals surface area contributed by atoms with Crippen molar-refractivity contribution in [2.45, 2.75) is 38.2 Å². The summed E-state index contributed by atoms with van der Waals surface area (Å²) in [6.45, 7) is 4.96. The van der Waals surface area contributed by atoms with E-state index in [0.29, 0.717) is 24.4 Å². The van der Waals surface area contributed by atoms with Gasteiger partial charge in [0.2, 0.25) is 0 Å². The smallest absolute Gasteiger partial charge is 0.155 e. The second-order valence-electron chi connectivity index (χ2n) is 8.33. The number of rotatable bonds is 3. The first kappa shape index (κ1) is 18.8. The number of aromatic amines is 1. The molecule has 1 aliphatic heterocycles. The van der Waals surface area contributed by atoms with Crippen LogP contribution in [0.3, 0.4) is 0 Å². The molecule has 3 aromatic heterocycles. The molecular weight excluding hydrogens is 378 g/mol. The quantitative estimate of drug-likeness (QED) is 0.543. The van der Waals surface area contributed by atoms with Gasteiger partial charge in [0.1, 0.15) is 17.4 Å². The Morgan fingerprint density at radius 3 is 2.63 bits per heavy atom. The first-order valence-corrected chi connectivity index (χ1v) is 10.2. The van der Waals surface area contributed by atoms with E-state index in [0.717, 1.165) is 46.5 Å². The minimum absolute atomic E-state index is 0.252. The molecule has 1 aromatic carbocycles. The van der Waals surface area contributed by atoms with Gasteiger partial charge < -0.3 is 14.8 Å². The Morgan fingerprint density at radius 2 is 1.97 bits per heavy atom. The molecule has 7 heteroatoms. The number of hydrogen-bond donors (Lipinski definition) is 2. The maximum absolute atomic E-state index is 10.3. The number of aliphatic hydroxyl groups is 1. The summed E-state index contributed by atoms with van der Waals surface area (Å²) in [6.07, 6.45) is 5.30. The zero-order valence-electron chi connectivity index (χ0n) is 17.0. The Balaban J connectivity index is 1.76. The SMILES string of the molecule is CC(C)(O)c1ccc(-c2nc(C3CCOCC3)n3c2cnc2[nH]cc(C#N)c23)cc1. The fraction of sp³-hybridized carbons (Fsp3) is 0.348. The average Bonchev–Trinajstić information content (AvgIpc) is 3.35. The lowest BCUT2D eigenvalue weighted by molar-refractivity contribution is 0.0786. The van der Waals surface area contributed by atoms with Gasteiger partial charge in [-0.3, -0.25) is 4.40 Å². The molecule has 0 amide bonds. The van der Waals surface area contributed by atoms with E-state index >= 15 is 0 Å². The Hall–Kier alpha value is -3.21. The zero-order chi connectivity index (χ0) is 20.9. The third kappa shape index (κ3) is 2.96. The van der Waals surface area contributed by atoms with Crippen molar-refractivity contribution in [3.8, 4) is 17.3 Å². The Morgan fingerprint density at radius 1 is 1.23 bits per heavy atom. The molecule has 0 radical (unpaired) electrons. The topological polar surface area (TPSA) is 99.2 Å². The van der Waals surface area contributed by atoms with E-state index in [1.807, 2.05) is 30.5 Å². The minimum Gasteiger partial charge on any atom is -0.386 e. The number of benzene rings is 1. The van der Waals surface area contributed by atoms with Gasteiger partial charge in [-0.05, 0) is 32.3 Å². The van der Waals surface area contributed by atoms with Crippen LogP contribution >= 0.6 is 0 Å². The lowest BCUT2D eigenvalue weighted by Gasteiger charge is -2.21. The molecule has 152 valence electrons. The minimum atomic E-state index is -0.900. The Bertz CT molecular complexity index is 1270. The molecule has 5 rings (SSSR count). The van der Waals surface area contributed by atoms with Crippen molar-refractivity contribution < 1.29 is 9.84 Å². The van der Waals surface area contributed by atoms with Crippen LogP contribution in [0.15, 0.2) is 36.7 Å². The summed E-state index contributed by atoms with van der Waals surface area (Å²) in [7, 11) is 0. The maximum Gasteiger partial charge on any atom is 0.155 e. The molecule has 2 N–H and O–H groups in total. The molecule has 4 heterocycles. The van der Waals surface area contributed by atoms with E-state index in [1.165, 1.54) is 0 Å². The molecule has 30 heavy (non-hydrogen) atoms. The van der Waals surface area contributed by atoms with Crippen LogP contribution in [0.5, 0.6) is 0 Å². The van der Waals surface area contributed by atoms with E-state index in [-0.39, 0.29) is 5.92 Å². The number of H-pyrrole nitrogens is 1. The van der Waals surface area contributed by atoms with Gasteiger partial charge >= 0.3 is 0 Å². The summed E-state index contributed by atoms with van der Waals surface area (Å²) in [5, 5.41) is 19.9. The summed E-state index contributed by atoms with van der Waals surface area (Å²) < 4.78 is 7.65. The summed E-state index contributed by atoms with van der Waals surface area (Å²) in [5.74, 6) is 1.20. The number of fused-ring (bicyclic) bond motifs is 3. The van der Waals surface area contributed by atoms with Gasteiger partial charge in [0.15, 0.2) is 5.65 Å². The molecule has 0 atom stereocenters. The monoisotopic (exact) mass is 401 g/mol. The number of nitrogens with one attached hydrogen (secondary N) is 1. The van der Waals surface area contributed by atoms with Crippen molar-refractivity contribution in [1.29, 1.82) is 5.26 Å². The van der Waals surface area contributed by atoms with Gasteiger partial charge in [0, 0.05) is 30.9 Å². The largest absolute Gasteiger partial charge is 0.386 e. The number of ether oxygens (including phenoxy) is 1. The maximum atomic E-state index is 10.3. The fourth-order valence-corrected chi connectivity index (χ4v) is 4.22. The van der Waals surface area contributed by atoms with Gasteiger partial charge in [-0.25, -0.2) is 9.97 Å². The first-order valence-electron chi connectivity index (χ1n) is 10.2. The van der Waals surface area contributed by atoms with Crippen molar-refractivity contribution in [3.05, 3.63) is 53.6 Å². The molecular formula is C23H23N5O2. The lowest BCUT2D eigenvalue weighted by atomic mass is 9.96. The second kappa shape index (κ2) is 6.94. The molecule has 0 aliphatic carbocycles. The second-order valence-corrected chi connectivity index (χ2v) is 8.33. The number of aromatic nitrogens is 4. The number of nitriles is 1. The fourth-order valence-electron chi connectivity index (χ4n) is 4.22. The van der Waals surface area contributed by atoms with Crippen LogP contribution in [0, 0.1) is 11.3 Å². The van der Waals surface area contributed by atoms with Crippen LogP contribution in [0.1, 0.15) is 49.6 Å². The molecule has 7 nitrogen and oxygen atoms in total. The Kier molecular flexibility index (Phi) is 4.35. The van der Waals surface area contributed by atoms with E-state index in [9.17, 15) is 10.4 Å². The molecule has 1 saturated heterocycles. The van der Waals surface area contributed by atoms with E-state index in [4.69, 9.17) is 9.72 Å². The van der Waals surface area contributed by atoms with Crippen molar-refractivity contribution >= 4 is 16.7 Å². The number of nitrogens with zero attached hydrogens (tertiary/aromatic N) is 4. The van der Waals surface area contributed by atoms with Crippen LogP contribution in [-0.4, -0.2) is 37.7 Å². The van der Waals surface area contributed by atoms with Crippen molar-refractivity contribution in [1.82, 2.24) is 19.4 Å². The van der Waals surface area contributed by atoms with Crippen molar-refractivity contribution in [3.63, 3.8) is 0 Å². The summed E-state index contributed by atoms with van der Waals surface area (Å²) in [5.41, 5.74) is 4.60. The number of hydrogen-bond acceptors (Lipinski definition) is 5. The zero-order valence-corrected chi connectivity index (χ0v) is 17.0. The highest BCUT2D eigenvalue weighted by Crippen LogP contribution is 2.35. The molecule has 1 fully saturated rings. The van der Waals surface area contributed by atoms with Gasteiger partial charge in [-0.15, -0.1) is 0 Å². The first-order chi connectivity index (χ1) is 14.5. The highest BCUT2D eigenvalue weighted by atomic mass is 16.5. The lowest BCUT2D eigenvalue weighted by Crippen LogP contribution is -2.16. The standard InChI is InChI=1S/C23H23N5O2/c1-23(2,29)17-5-3-14(4-6-17)19-18-13-26-21-20(16(11-24)12-25-21)28(18)22(27-19)15-7-9-30-10-8-15/h3-6,12-13,15,25,29H,7-10H2,1-2H3. The molecule has 0 bridgehead atoms. The van der Waals surface area contributed by atoms with E-state index < -0.39 is 5.60 Å². The van der Waals surface area contributed by atoms with Crippen LogP contribution in [0.2, 0.25) is 0 Å². The average molecular weight is 401 g/mol. The van der Waals surface area contributed by atoms with Crippen molar-refractivity contribution in [2.24, 2.45) is 0 Å². The van der Waals surface area contributed by atoms with E-state index in [2.05, 4.69) is 20.4 Å². The molecule has 1 aliphatic rings. The molecule has 0 saturated carbocycles. The van der Waals surface area contributed by atoms with Gasteiger partial charge in [-0.2, -0.15) is 5.26 Å². The van der Waals surface area contributed by atoms with Crippen LogP contribution < -0.4 is 0 Å². The third-order valence-corrected chi connectivity index (χ3v) is 5.88. The Labute approximate surface area is 174 Å². The van der Waals surface area contributed by atoms with Gasteiger partial charge in [-0.1, -0.05) is 24.3 Å². The predicted octanol–water partition coefficient (Wildman–Crippen LogP) is 3.87. The van der Waals surface area contributed by atoms with Crippen LogP contribution in [0.25, 0.3) is 27.9 Å². The van der Waals surface area contributed by atoms with Crippen LogP contribution in [0.4, 0.5) is 0 Å². The normalized spacial score (nSPS) is 15.7. The van der Waals surface area contributed by atoms with Crippen molar-refractivity contribution in [2.75, 3.05) is 13.2 Å². The predicted molar refractivity (Wildman–Crippen MR) is 113 cm³/mol. The highest BCUT2D eigenvalue weighted by Gasteiger charge is 2.26.